The fourth-order valence-corrected chi connectivity index (χ4v) is 3.50. The van der Waals surface area contributed by atoms with Crippen LogP contribution in [0.5, 0.6) is 0 Å². The molecule has 1 spiro atoms. The molecule has 0 aromatic rings. The first-order valence-electron chi connectivity index (χ1n) is 7.00. The first kappa shape index (κ1) is 11.4. The second kappa shape index (κ2) is 4.86. The lowest BCUT2D eigenvalue weighted by Gasteiger charge is -2.46. The van der Waals surface area contributed by atoms with E-state index in [1.807, 2.05) is 0 Å². The molecule has 2 aliphatic rings. The third kappa shape index (κ3) is 2.55. The highest BCUT2D eigenvalue weighted by molar-refractivity contribution is 4.89. The molecular formula is C14H27N. The number of hydrogen-bond donors (Lipinski definition) is 0. The second-order valence-corrected chi connectivity index (χ2v) is 5.85. The molecule has 1 atom stereocenters. The van der Waals surface area contributed by atoms with Gasteiger partial charge in [0, 0.05) is 6.04 Å². The summed E-state index contributed by atoms with van der Waals surface area (Å²) in [6, 6.07) is 0.811. The summed E-state index contributed by atoms with van der Waals surface area (Å²) in [7, 11) is 0. The minimum absolute atomic E-state index is 0.780. The number of nitrogens with zero attached hydrogens (tertiary/aromatic N) is 1. The van der Waals surface area contributed by atoms with E-state index in [1.54, 1.807) is 0 Å². The van der Waals surface area contributed by atoms with Gasteiger partial charge < -0.3 is 4.90 Å². The molecule has 1 aliphatic carbocycles. The average Bonchev–Trinajstić information content (AvgIpc) is 2.30. The van der Waals surface area contributed by atoms with Gasteiger partial charge in [0.05, 0.1) is 0 Å². The number of hydrogen-bond acceptors (Lipinski definition) is 1. The van der Waals surface area contributed by atoms with Crippen LogP contribution >= 0.6 is 0 Å². The summed E-state index contributed by atoms with van der Waals surface area (Å²) >= 11 is 0. The molecule has 0 aromatic carbocycles. The number of rotatable bonds is 2. The summed E-state index contributed by atoms with van der Waals surface area (Å²) in [5.74, 6) is 0. The van der Waals surface area contributed by atoms with Gasteiger partial charge in [0.25, 0.3) is 0 Å². The Morgan fingerprint density at radius 2 is 1.60 bits per heavy atom. The summed E-state index contributed by atoms with van der Waals surface area (Å²) < 4.78 is 0. The first-order valence-corrected chi connectivity index (χ1v) is 7.00. The molecule has 15 heavy (non-hydrogen) atoms. The SMILES string of the molecule is CCC(C)N1CCC2(CCCCC2)CC1. The van der Waals surface area contributed by atoms with Crippen LogP contribution in [-0.2, 0) is 0 Å². The van der Waals surface area contributed by atoms with Crippen LogP contribution in [0.15, 0.2) is 0 Å². The van der Waals surface area contributed by atoms with Crippen molar-refractivity contribution in [2.75, 3.05) is 13.1 Å². The number of likely N-dealkylation sites (tertiary alicyclic amines) is 1. The van der Waals surface area contributed by atoms with E-state index in [0.717, 1.165) is 11.5 Å². The first-order chi connectivity index (χ1) is 7.26. The van der Waals surface area contributed by atoms with Gasteiger partial charge in [-0.05, 0) is 57.5 Å². The monoisotopic (exact) mass is 209 g/mol. The minimum atomic E-state index is 0.780. The molecule has 2 fully saturated rings. The van der Waals surface area contributed by atoms with Crippen LogP contribution in [0.2, 0.25) is 0 Å². The Morgan fingerprint density at radius 1 is 1.00 bits per heavy atom. The van der Waals surface area contributed by atoms with Gasteiger partial charge in [0.2, 0.25) is 0 Å². The molecule has 0 radical (unpaired) electrons. The Kier molecular flexibility index (Phi) is 3.71. The fourth-order valence-electron chi connectivity index (χ4n) is 3.50. The molecule has 1 saturated carbocycles. The van der Waals surface area contributed by atoms with Crippen LogP contribution in [0, 0.1) is 5.41 Å². The molecule has 1 saturated heterocycles. The van der Waals surface area contributed by atoms with E-state index >= 15 is 0 Å². The van der Waals surface area contributed by atoms with Gasteiger partial charge >= 0.3 is 0 Å². The largest absolute Gasteiger partial charge is 0.301 e. The Balaban J connectivity index is 1.85. The van der Waals surface area contributed by atoms with E-state index < -0.39 is 0 Å². The highest BCUT2D eigenvalue weighted by Crippen LogP contribution is 2.44. The molecule has 1 unspecified atom stereocenters. The molecule has 0 N–H and O–H groups in total. The Bertz CT molecular complexity index is 184. The molecule has 88 valence electrons. The third-order valence-corrected chi connectivity index (χ3v) is 4.99. The van der Waals surface area contributed by atoms with Crippen molar-refractivity contribution >= 4 is 0 Å². The predicted octanol–water partition coefficient (Wildman–Crippen LogP) is 3.83. The van der Waals surface area contributed by atoms with Crippen molar-refractivity contribution in [1.82, 2.24) is 4.90 Å². The van der Waals surface area contributed by atoms with Crippen molar-refractivity contribution in [3.8, 4) is 0 Å². The third-order valence-electron chi connectivity index (χ3n) is 4.99. The van der Waals surface area contributed by atoms with Crippen molar-refractivity contribution in [3.63, 3.8) is 0 Å². The van der Waals surface area contributed by atoms with Crippen LogP contribution in [0.4, 0.5) is 0 Å². The molecular weight excluding hydrogens is 182 g/mol. The topological polar surface area (TPSA) is 3.24 Å². The zero-order valence-electron chi connectivity index (χ0n) is 10.6. The zero-order valence-corrected chi connectivity index (χ0v) is 10.6. The van der Waals surface area contributed by atoms with Crippen LogP contribution in [-0.4, -0.2) is 24.0 Å². The predicted molar refractivity (Wildman–Crippen MR) is 66.1 cm³/mol. The Labute approximate surface area is 95.2 Å². The van der Waals surface area contributed by atoms with E-state index in [1.165, 1.54) is 64.5 Å². The highest BCUT2D eigenvalue weighted by atomic mass is 15.2. The van der Waals surface area contributed by atoms with Gasteiger partial charge in [-0.15, -0.1) is 0 Å². The van der Waals surface area contributed by atoms with Crippen LogP contribution in [0.25, 0.3) is 0 Å². The van der Waals surface area contributed by atoms with Crippen LogP contribution in [0.1, 0.15) is 65.2 Å². The van der Waals surface area contributed by atoms with Gasteiger partial charge in [-0.25, -0.2) is 0 Å². The molecule has 0 amide bonds. The maximum atomic E-state index is 2.71. The van der Waals surface area contributed by atoms with E-state index in [4.69, 9.17) is 0 Å². The van der Waals surface area contributed by atoms with E-state index in [-0.39, 0.29) is 0 Å². The van der Waals surface area contributed by atoms with Crippen molar-refractivity contribution in [2.45, 2.75) is 71.3 Å². The van der Waals surface area contributed by atoms with Gasteiger partial charge in [-0.1, -0.05) is 26.2 Å². The Morgan fingerprint density at radius 3 is 2.13 bits per heavy atom. The number of piperidine rings is 1. The van der Waals surface area contributed by atoms with E-state index in [2.05, 4.69) is 18.7 Å². The minimum Gasteiger partial charge on any atom is -0.301 e. The molecule has 0 bridgehead atoms. The molecule has 1 heterocycles. The van der Waals surface area contributed by atoms with Crippen molar-refractivity contribution in [2.24, 2.45) is 5.41 Å². The Hall–Kier alpha value is -0.0400. The van der Waals surface area contributed by atoms with Crippen molar-refractivity contribution in [3.05, 3.63) is 0 Å². The maximum absolute atomic E-state index is 2.71. The summed E-state index contributed by atoms with van der Waals surface area (Å²) in [4.78, 5) is 2.71. The summed E-state index contributed by atoms with van der Waals surface area (Å²) in [5, 5.41) is 0. The average molecular weight is 209 g/mol. The lowest BCUT2D eigenvalue weighted by Crippen LogP contribution is -2.44. The molecule has 0 aromatic heterocycles. The van der Waals surface area contributed by atoms with Crippen molar-refractivity contribution < 1.29 is 0 Å². The fraction of sp³-hybridized carbons (Fsp3) is 1.00. The smallest absolute Gasteiger partial charge is 0.00643 e. The lowest BCUT2D eigenvalue weighted by atomic mass is 9.68. The van der Waals surface area contributed by atoms with Crippen LogP contribution in [0.3, 0.4) is 0 Å². The molecule has 2 rings (SSSR count). The van der Waals surface area contributed by atoms with Gasteiger partial charge in [-0.2, -0.15) is 0 Å². The molecule has 1 aliphatic heterocycles. The highest BCUT2D eigenvalue weighted by Gasteiger charge is 2.35. The van der Waals surface area contributed by atoms with E-state index in [9.17, 15) is 0 Å². The van der Waals surface area contributed by atoms with Gasteiger partial charge in [0.1, 0.15) is 0 Å². The van der Waals surface area contributed by atoms with Gasteiger partial charge in [0.15, 0.2) is 0 Å². The second-order valence-electron chi connectivity index (χ2n) is 5.85. The zero-order chi connectivity index (χ0) is 10.7. The standard InChI is InChI=1S/C14H27N/c1-3-13(2)15-11-9-14(10-12-15)7-5-4-6-8-14/h13H,3-12H2,1-2H3. The normalized spacial score (nSPS) is 29.2. The molecule has 1 heteroatoms. The summed E-state index contributed by atoms with van der Waals surface area (Å²) in [6.45, 7) is 7.44. The van der Waals surface area contributed by atoms with Crippen LogP contribution < -0.4 is 0 Å². The van der Waals surface area contributed by atoms with Gasteiger partial charge in [-0.3, -0.25) is 0 Å². The van der Waals surface area contributed by atoms with Crippen molar-refractivity contribution in [1.29, 1.82) is 0 Å². The lowest BCUT2D eigenvalue weighted by molar-refractivity contribution is 0.0482. The van der Waals surface area contributed by atoms with E-state index in [0.29, 0.717) is 0 Å². The summed E-state index contributed by atoms with van der Waals surface area (Å²) in [6.07, 6.45) is 11.8. The summed E-state index contributed by atoms with van der Waals surface area (Å²) in [5.41, 5.74) is 0.780. The molecule has 1 nitrogen and oxygen atoms in total. The quantitative estimate of drug-likeness (QED) is 0.668. The maximum Gasteiger partial charge on any atom is 0.00643 e.